The standard InChI is InChI=1S/C16H23BrO4/c1-20-12-8-7-11(14(21-2)13(12)17)15(18)16(19)9-5-3-4-6-10-16/h7-8,15,18-19H,3-6,9-10H2,1-2H3. The van der Waals surface area contributed by atoms with Crippen molar-refractivity contribution >= 4 is 15.9 Å². The van der Waals surface area contributed by atoms with Crippen LogP contribution in [-0.2, 0) is 0 Å². The van der Waals surface area contributed by atoms with Crippen LogP contribution in [0.15, 0.2) is 16.6 Å². The Hall–Kier alpha value is -0.780. The Balaban J connectivity index is 2.38. The van der Waals surface area contributed by atoms with Crippen LogP contribution in [0.3, 0.4) is 0 Å². The van der Waals surface area contributed by atoms with E-state index in [1.54, 1.807) is 26.4 Å². The second-order valence-corrected chi connectivity index (χ2v) is 6.42. The summed E-state index contributed by atoms with van der Waals surface area (Å²) in [6.45, 7) is 0. The van der Waals surface area contributed by atoms with E-state index in [9.17, 15) is 10.2 Å². The number of aliphatic hydroxyl groups excluding tert-OH is 1. The number of hydrogen-bond donors (Lipinski definition) is 2. The fraction of sp³-hybridized carbons (Fsp3) is 0.625. The molecule has 118 valence electrons. The molecule has 1 atom stereocenters. The van der Waals surface area contributed by atoms with Gasteiger partial charge in [-0.25, -0.2) is 0 Å². The highest BCUT2D eigenvalue weighted by Crippen LogP contribution is 2.45. The third-order valence-corrected chi connectivity index (χ3v) is 5.04. The highest BCUT2D eigenvalue weighted by Gasteiger charge is 2.38. The van der Waals surface area contributed by atoms with Gasteiger partial charge in [0.15, 0.2) is 0 Å². The number of hydrogen-bond acceptors (Lipinski definition) is 4. The highest BCUT2D eigenvalue weighted by molar-refractivity contribution is 9.10. The number of ether oxygens (including phenoxy) is 2. The lowest BCUT2D eigenvalue weighted by atomic mass is 9.84. The summed E-state index contributed by atoms with van der Waals surface area (Å²) < 4.78 is 11.3. The normalized spacial score (nSPS) is 19.7. The molecule has 0 heterocycles. The van der Waals surface area contributed by atoms with Crippen LogP contribution < -0.4 is 9.47 Å². The fourth-order valence-electron chi connectivity index (χ4n) is 3.04. The summed E-state index contributed by atoms with van der Waals surface area (Å²) in [6, 6.07) is 3.53. The molecule has 0 bridgehead atoms. The van der Waals surface area contributed by atoms with E-state index in [1.807, 2.05) is 0 Å². The molecule has 0 amide bonds. The Labute approximate surface area is 134 Å². The minimum Gasteiger partial charge on any atom is -0.495 e. The Kier molecular flexibility index (Phi) is 5.52. The average Bonchev–Trinajstić information content (AvgIpc) is 2.72. The molecule has 21 heavy (non-hydrogen) atoms. The van der Waals surface area contributed by atoms with E-state index in [4.69, 9.17) is 9.47 Å². The molecule has 1 fully saturated rings. The molecule has 1 aliphatic rings. The lowest BCUT2D eigenvalue weighted by Gasteiger charge is -2.33. The summed E-state index contributed by atoms with van der Waals surface area (Å²) in [7, 11) is 3.13. The first-order valence-electron chi connectivity index (χ1n) is 7.34. The van der Waals surface area contributed by atoms with Gasteiger partial charge in [-0.1, -0.05) is 25.7 Å². The molecule has 1 aromatic rings. The topological polar surface area (TPSA) is 58.9 Å². The number of aliphatic hydroxyl groups is 2. The van der Waals surface area contributed by atoms with E-state index >= 15 is 0 Å². The fourth-order valence-corrected chi connectivity index (χ4v) is 3.72. The summed E-state index contributed by atoms with van der Waals surface area (Å²) in [6.07, 6.45) is 4.35. The first-order chi connectivity index (χ1) is 10.0. The van der Waals surface area contributed by atoms with Gasteiger partial charge in [0.05, 0.1) is 19.8 Å². The first-order valence-corrected chi connectivity index (χ1v) is 8.13. The van der Waals surface area contributed by atoms with Gasteiger partial charge in [0.2, 0.25) is 0 Å². The van der Waals surface area contributed by atoms with Crippen molar-refractivity contribution in [3.8, 4) is 11.5 Å². The second-order valence-electron chi connectivity index (χ2n) is 5.62. The van der Waals surface area contributed by atoms with Gasteiger partial charge < -0.3 is 19.7 Å². The maximum Gasteiger partial charge on any atom is 0.142 e. The largest absolute Gasteiger partial charge is 0.495 e. The molecule has 0 radical (unpaired) electrons. The third-order valence-electron chi connectivity index (χ3n) is 4.29. The molecule has 1 unspecified atom stereocenters. The summed E-state index contributed by atoms with van der Waals surface area (Å²) in [5.74, 6) is 1.15. The van der Waals surface area contributed by atoms with Crippen molar-refractivity contribution in [3.63, 3.8) is 0 Å². The number of halogens is 1. The van der Waals surface area contributed by atoms with Gasteiger partial charge in [0, 0.05) is 5.56 Å². The third kappa shape index (κ3) is 3.35. The smallest absolute Gasteiger partial charge is 0.142 e. The Morgan fingerprint density at radius 1 is 1.10 bits per heavy atom. The van der Waals surface area contributed by atoms with Gasteiger partial charge in [-0.15, -0.1) is 0 Å². The van der Waals surface area contributed by atoms with Crippen LogP contribution in [0.25, 0.3) is 0 Å². The molecule has 1 aromatic carbocycles. The minimum absolute atomic E-state index is 0.513. The maximum atomic E-state index is 10.9. The van der Waals surface area contributed by atoms with Gasteiger partial charge >= 0.3 is 0 Å². The molecular formula is C16H23BrO4. The molecule has 0 aromatic heterocycles. The Morgan fingerprint density at radius 3 is 2.24 bits per heavy atom. The average molecular weight is 359 g/mol. The van der Waals surface area contributed by atoms with E-state index in [0.717, 1.165) is 25.7 Å². The lowest BCUT2D eigenvalue weighted by molar-refractivity contribution is -0.0874. The molecule has 0 spiro atoms. The Morgan fingerprint density at radius 2 is 1.71 bits per heavy atom. The summed E-state index contributed by atoms with van der Waals surface area (Å²) in [5, 5.41) is 21.6. The van der Waals surface area contributed by atoms with Gasteiger partial charge in [-0.3, -0.25) is 0 Å². The summed E-state index contributed by atoms with van der Waals surface area (Å²) in [4.78, 5) is 0. The maximum absolute atomic E-state index is 10.9. The van der Waals surface area contributed by atoms with E-state index in [-0.39, 0.29) is 0 Å². The monoisotopic (exact) mass is 358 g/mol. The quantitative estimate of drug-likeness (QED) is 0.807. The molecule has 2 N–H and O–H groups in total. The Bertz CT molecular complexity index is 481. The van der Waals surface area contributed by atoms with Gasteiger partial charge in [-0.05, 0) is 40.9 Å². The van der Waals surface area contributed by atoms with Crippen molar-refractivity contribution < 1.29 is 19.7 Å². The lowest BCUT2D eigenvalue weighted by Crippen LogP contribution is -2.36. The number of rotatable bonds is 4. The van der Waals surface area contributed by atoms with E-state index in [2.05, 4.69) is 15.9 Å². The van der Waals surface area contributed by atoms with Crippen molar-refractivity contribution in [2.24, 2.45) is 0 Å². The second kappa shape index (κ2) is 6.99. The van der Waals surface area contributed by atoms with Crippen molar-refractivity contribution in [1.29, 1.82) is 0 Å². The first kappa shape index (κ1) is 16.6. The van der Waals surface area contributed by atoms with Gasteiger partial charge in [-0.2, -0.15) is 0 Å². The molecule has 0 aliphatic heterocycles. The van der Waals surface area contributed by atoms with Gasteiger partial charge in [0.1, 0.15) is 22.1 Å². The molecular weight excluding hydrogens is 336 g/mol. The predicted octanol–water partition coefficient (Wildman–Crippen LogP) is 3.59. The van der Waals surface area contributed by atoms with E-state index in [1.165, 1.54) is 0 Å². The summed E-state index contributed by atoms with van der Waals surface area (Å²) in [5.41, 5.74) is -0.493. The molecule has 2 rings (SSSR count). The molecule has 1 aliphatic carbocycles. The minimum atomic E-state index is -1.09. The van der Waals surface area contributed by atoms with Crippen LogP contribution >= 0.6 is 15.9 Å². The van der Waals surface area contributed by atoms with Crippen molar-refractivity contribution in [3.05, 3.63) is 22.2 Å². The number of benzene rings is 1. The van der Waals surface area contributed by atoms with Crippen molar-refractivity contribution in [2.45, 2.75) is 50.2 Å². The molecule has 1 saturated carbocycles. The van der Waals surface area contributed by atoms with Crippen LogP contribution in [0, 0.1) is 0 Å². The molecule has 5 heteroatoms. The zero-order valence-electron chi connectivity index (χ0n) is 12.6. The van der Waals surface area contributed by atoms with Crippen molar-refractivity contribution in [2.75, 3.05) is 14.2 Å². The van der Waals surface area contributed by atoms with Crippen LogP contribution in [0.4, 0.5) is 0 Å². The van der Waals surface area contributed by atoms with E-state index < -0.39 is 11.7 Å². The zero-order valence-corrected chi connectivity index (χ0v) is 14.1. The zero-order chi connectivity index (χ0) is 15.5. The van der Waals surface area contributed by atoms with E-state index in [0.29, 0.717) is 34.4 Å². The molecule has 0 saturated heterocycles. The molecule has 4 nitrogen and oxygen atoms in total. The van der Waals surface area contributed by atoms with Crippen LogP contribution in [0.2, 0.25) is 0 Å². The van der Waals surface area contributed by atoms with Crippen molar-refractivity contribution in [1.82, 2.24) is 0 Å². The predicted molar refractivity (Wildman–Crippen MR) is 84.9 cm³/mol. The highest BCUT2D eigenvalue weighted by atomic mass is 79.9. The number of methoxy groups -OCH3 is 2. The van der Waals surface area contributed by atoms with Crippen LogP contribution in [0.5, 0.6) is 11.5 Å². The SMILES string of the molecule is COc1ccc(C(O)C2(O)CCCCCC2)c(OC)c1Br. The van der Waals surface area contributed by atoms with Gasteiger partial charge in [0.25, 0.3) is 0 Å². The summed E-state index contributed by atoms with van der Waals surface area (Å²) >= 11 is 3.44. The van der Waals surface area contributed by atoms with Crippen LogP contribution in [-0.4, -0.2) is 30.0 Å². The van der Waals surface area contributed by atoms with Crippen LogP contribution in [0.1, 0.15) is 50.2 Å².